The Balaban J connectivity index is 1.68. The maximum absolute atomic E-state index is 12.5. The van der Waals surface area contributed by atoms with Crippen LogP contribution < -0.4 is 5.46 Å². The molecule has 0 bridgehead atoms. The van der Waals surface area contributed by atoms with E-state index in [0.717, 1.165) is 23.9 Å². The fraction of sp³-hybridized carbons (Fsp3) is 0.731. The summed E-state index contributed by atoms with van der Waals surface area (Å²) in [5, 5.41) is 0. The summed E-state index contributed by atoms with van der Waals surface area (Å²) in [4.78, 5) is 14.3. The van der Waals surface area contributed by atoms with Crippen LogP contribution in [0.4, 0.5) is 4.79 Å². The monoisotopic (exact) mass is 475 g/mol. The number of benzene rings is 1. The third kappa shape index (κ3) is 6.53. The Morgan fingerprint density at radius 2 is 1.62 bits per heavy atom. The second-order valence-corrected chi connectivity index (χ2v) is 11.3. The van der Waals surface area contributed by atoms with Gasteiger partial charge in [-0.15, -0.1) is 0 Å². The minimum atomic E-state index is -0.487. The lowest BCUT2D eigenvalue weighted by molar-refractivity contribution is -0.0346. The van der Waals surface area contributed by atoms with Crippen LogP contribution in [0.5, 0.6) is 0 Å². The summed E-state index contributed by atoms with van der Waals surface area (Å²) in [5.74, 6) is 0.304. The molecule has 2 heterocycles. The minimum Gasteiger partial charge on any atom is -0.444 e. The number of likely N-dealkylation sites (tertiary alicyclic amines) is 1. The van der Waals surface area contributed by atoms with Crippen molar-refractivity contribution in [1.82, 2.24) is 4.90 Å². The van der Waals surface area contributed by atoms with Crippen LogP contribution in [0.1, 0.15) is 73.0 Å². The molecule has 34 heavy (non-hydrogen) atoms. The highest BCUT2D eigenvalue weighted by Crippen LogP contribution is 2.37. The molecule has 0 radical (unpaired) electrons. The third-order valence-corrected chi connectivity index (χ3v) is 6.99. The van der Waals surface area contributed by atoms with Crippen molar-refractivity contribution in [2.24, 2.45) is 5.92 Å². The largest absolute Gasteiger partial charge is 0.494 e. The zero-order valence-corrected chi connectivity index (χ0v) is 22.2. The van der Waals surface area contributed by atoms with E-state index < -0.39 is 5.60 Å². The van der Waals surface area contributed by atoms with E-state index in [-0.39, 0.29) is 30.5 Å². The van der Waals surface area contributed by atoms with Crippen molar-refractivity contribution < 1.29 is 28.3 Å². The Labute approximate surface area is 205 Å². The fourth-order valence-electron chi connectivity index (χ4n) is 4.30. The predicted molar refractivity (Wildman–Crippen MR) is 133 cm³/mol. The Bertz CT molecular complexity index is 796. The molecule has 1 aromatic carbocycles. The number of ether oxygens (including phenoxy) is 3. The molecule has 1 amide bonds. The molecule has 2 aliphatic rings. The van der Waals surface area contributed by atoms with Crippen LogP contribution >= 0.6 is 0 Å². The normalized spacial score (nSPS) is 21.5. The first kappa shape index (κ1) is 27.0. The number of piperidine rings is 1. The summed E-state index contributed by atoms with van der Waals surface area (Å²) in [7, 11) is 1.29. The first-order valence-electron chi connectivity index (χ1n) is 12.4. The Kier molecular flexibility index (Phi) is 8.39. The number of methoxy groups -OCH3 is 1. The van der Waals surface area contributed by atoms with Crippen molar-refractivity contribution in [2.75, 3.05) is 33.4 Å². The predicted octanol–water partition coefficient (Wildman–Crippen LogP) is 4.34. The molecule has 0 N–H and O–H groups in total. The summed E-state index contributed by atoms with van der Waals surface area (Å²) in [6.07, 6.45) is 1.41. The van der Waals surface area contributed by atoms with E-state index in [9.17, 15) is 4.79 Å². The van der Waals surface area contributed by atoms with E-state index in [1.165, 1.54) is 0 Å². The van der Waals surface area contributed by atoms with Crippen molar-refractivity contribution in [2.45, 2.75) is 84.2 Å². The summed E-state index contributed by atoms with van der Waals surface area (Å²) < 4.78 is 29.4. The lowest BCUT2D eigenvalue weighted by atomic mass is 9.78. The van der Waals surface area contributed by atoms with E-state index in [1.54, 1.807) is 12.0 Å². The van der Waals surface area contributed by atoms with E-state index in [4.69, 9.17) is 23.5 Å². The average molecular weight is 475 g/mol. The van der Waals surface area contributed by atoms with Gasteiger partial charge in [0, 0.05) is 20.2 Å². The Morgan fingerprint density at radius 3 is 2.12 bits per heavy atom. The quantitative estimate of drug-likeness (QED) is 0.432. The molecule has 2 aliphatic heterocycles. The molecule has 0 aromatic heterocycles. The molecule has 7 nitrogen and oxygen atoms in total. The second-order valence-electron chi connectivity index (χ2n) is 11.3. The summed E-state index contributed by atoms with van der Waals surface area (Å²) >= 11 is 0. The van der Waals surface area contributed by atoms with Crippen molar-refractivity contribution >= 4 is 18.7 Å². The molecule has 1 aromatic rings. The van der Waals surface area contributed by atoms with Crippen LogP contribution in [-0.4, -0.2) is 68.3 Å². The van der Waals surface area contributed by atoms with Gasteiger partial charge in [-0.05, 0) is 78.3 Å². The van der Waals surface area contributed by atoms with Gasteiger partial charge < -0.3 is 28.4 Å². The minimum absolute atomic E-state index is 0.0664. The first-order chi connectivity index (χ1) is 15.8. The maximum atomic E-state index is 12.5. The number of nitrogens with zero attached hydrogens (tertiary/aromatic N) is 1. The Morgan fingerprint density at radius 1 is 1.06 bits per heavy atom. The summed E-state index contributed by atoms with van der Waals surface area (Å²) in [6.45, 7) is 16.3. The van der Waals surface area contributed by atoms with E-state index in [1.807, 2.05) is 20.8 Å². The zero-order valence-electron chi connectivity index (χ0n) is 22.2. The molecule has 0 saturated carbocycles. The molecule has 2 saturated heterocycles. The maximum Gasteiger partial charge on any atom is 0.494 e. The van der Waals surface area contributed by atoms with Gasteiger partial charge in [0.2, 0.25) is 0 Å². The molecule has 1 unspecified atom stereocenters. The van der Waals surface area contributed by atoms with Crippen molar-refractivity contribution in [1.29, 1.82) is 0 Å². The third-order valence-electron chi connectivity index (χ3n) is 6.99. The van der Waals surface area contributed by atoms with Crippen LogP contribution in [0.2, 0.25) is 0 Å². The number of hydrogen-bond acceptors (Lipinski definition) is 6. The van der Waals surface area contributed by atoms with Crippen molar-refractivity contribution in [3.05, 3.63) is 29.8 Å². The number of amides is 1. The first-order valence-corrected chi connectivity index (χ1v) is 12.4. The van der Waals surface area contributed by atoms with Crippen molar-refractivity contribution in [3.8, 4) is 0 Å². The summed E-state index contributed by atoms with van der Waals surface area (Å²) in [5.41, 5.74) is 0.887. The fourth-order valence-corrected chi connectivity index (χ4v) is 4.30. The van der Waals surface area contributed by atoms with Crippen molar-refractivity contribution in [3.63, 3.8) is 0 Å². The van der Waals surface area contributed by atoms with Gasteiger partial charge in [0.15, 0.2) is 0 Å². The van der Waals surface area contributed by atoms with Gasteiger partial charge in [-0.3, -0.25) is 0 Å². The molecule has 3 rings (SSSR count). The average Bonchev–Trinajstić information content (AvgIpc) is 2.97. The molecule has 2 fully saturated rings. The van der Waals surface area contributed by atoms with Crippen LogP contribution in [-0.2, 0) is 23.5 Å². The number of rotatable bonds is 7. The summed E-state index contributed by atoms with van der Waals surface area (Å²) in [6, 6.07) is 8.36. The Hall–Kier alpha value is -1.61. The molecule has 0 spiro atoms. The zero-order chi connectivity index (χ0) is 25.1. The number of carbonyl (C=O) groups excluding carboxylic acids is 1. The van der Waals surface area contributed by atoms with E-state index >= 15 is 0 Å². The molecule has 8 heteroatoms. The highest BCUT2D eigenvalue weighted by atomic mass is 16.7. The number of carbonyl (C=O) groups is 1. The van der Waals surface area contributed by atoms with Crippen LogP contribution in [0.25, 0.3) is 0 Å². The van der Waals surface area contributed by atoms with Gasteiger partial charge in [-0.25, -0.2) is 4.79 Å². The van der Waals surface area contributed by atoms with Gasteiger partial charge >= 0.3 is 13.2 Å². The SMILES string of the molecule is COCCOC(c1ccc(B2OC(C)(C)C(C)(C)O2)cc1)C1CCN(C(=O)OC(C)(C)C)CC1. The van der Waals surface area contributed by atoms with E-state index in [2.05, 4.69) is 52.0 Å². The van der Waals surface area contributed by atoms with E-state index in [0.29, 0.717) is 32.2 Å². The lowest BCUT2D eigenvalue weighted by Gasteiger charge is -2.36. The molecular weight excluding hydrogens is 433 g/mol. The van der Waals surface area contributed by atoms with Gasteiger partial charge in [-0.2, -0.15) is 0 Å². The number of hydrogen-bond donors (Lipinski definition) is 0. The van der Waals surface area contributed by atoms with Crippen LogP contribution in [0, 0.1) is 5.92 Å². The second kappa shape index (κ2) is 10.6. The highest BCUT2D eigenvalue weighted by Gasteiger charge is 2.51. The van der Waals surface area contributed by atoms with Gasteiger partial charge in [-0.1, -0.05) is 24.3 Å². The lowest BCUT2D eigenvalue weighted by Crippen LogP contribution is -2.43. The molecule has 0 aliphatic carbocycles. The van der Waals surface area contributed by atoms with Gasteiger partial charge in [0.1, 0.15) is 5.60 Å². The molecule has 190 valence electrons. The smallest absolute Gasteiger partial charge is 0.444 e. The topological polar surface area (TPSA) is 66.5 Å². The molecule has 1 atom stereocenters. The van der Waals surface area contributed by atoms with Gasteiger partial charge in [0.25, 0.3) is 0 Å². The van der Waals surface area contributed by atoms with Gasteiger partial charge in [0.05, 0.1) is 30.5 Å². The van der Waals surface area contributed by atoms with Crippen LogP contribution in [0.15, 0.2) is 24.3 Å². The standard InChI is InChI=1S/C26H42BNO6/c1-24(2,3)32-23(29)28-15-13-20(14-16-28)22(31-18-17-30-8)19-9-11-21(12-10-19)27-33-25(4,5)26(6,7)34-27/h9-12,20,22H,13-18H2,1-8H3. The molecular formula is C26H42BNO6. The highest BCUT2D eigenvalue weighted by molar-refractivity contribution is 6.62. The van der Waals surface area contributed by atoms with Crippen LogP contribution in [0.3, 0.4) is 0 Å².